The molecule has 1 fully saturated rings. The normalized spacial score (nSPS) is 17.2. The van der Waals surface area contributed by atoms with E-state index >= 15 is 0 Å². The van der Waals surface area contributed by atoms with Crippen LogP contribution in [0.25, 0.3) is 0 Å². The highest BCUT2D eigenvalue weighted by Gasteiger charge is 2.36. The van der Waals surface area contributed by atoms with Gasteiger partial charge in [-0.25, -0.2) is 23.4 Å². The van der Waals surface area contributed by atoms with Gasteiger partial charge in [-0.05, 0) is 50.5 Å². The zero-order valence-corrected chi connectivity index (χ0v) is 17.9. The molecule has 4 rings (SSSR count). The second-order valence-electron chi connectivity index (χ2n) is 7.56. The maximum absolute atomic E-state index is 13.1. The van der Waals surface area contributed by atoms with Crippen molar-refractivity contribution < 1.29 is 8.42 Å². The van der Waals surface area contributed by atoms with Gasteiger partial charge in [-0.2, -0.15) is 4.31 Å². The molecule has 1 aromatic carbocycles. The Morgan fingerprint density at radius 1 is 1.00 bits per heavy atom. The van der Waals surface area contributed by atoms with Crippen LogP contribution >= 0.6 is 0 Å². The number of rotatable bonds is 6. The molecule has 1 aliphatic rings. The summed E-state index contributed by atoms with van der Waals surface area (Å²) in [4.78, 5) is 13.5. The zero-order chi connectivity index (χ0) is 21.1. The van der Waals surface area contributed by atoms with Crippen molar-refractivity contribution in [2.75, 3.05) is 11.9 Å². The first-order valence-electron chi connectivity index (χ1n) is 10.0. The smallest absolute Gasteiger partial charge is 0.228 e. The zero-order valence-electron chi connectivity index (χ0n) is 17.1. The summed E-state index contributed by atoms with van der Waals surface area (Å²) in [6.45, 7) is 4.34. The number of benzene rings is 1. The van der Waals surface area contributed by atoms with Crippen LogP contribution in [0.1, 0.15) is 41.5 Å². The number of nitrogens with zero attached hydrogens (tertiary/aromatic N) is 4. The van der Waals surface area contributed by atoms with Gasteiger partial charge in [-0.15, -0.1) is 0 Å². The number of anilines is 2. The van der Waals surface area contributed by atoms with Crippen molar-refractivity contribution in [3.8, 4) is 0 Å². The summed E-state index contributed by atoms with van der Waals surface area (Å²) in [6.07, 6.45) is 1.57. The Hall–Kier alpha value is -2.84. The molecular formula is C22H25N5O2S. The van der Waals surface area contributed by atoms with E-state index in [4.69, 9.17) is 0 Å². The van der Waals surface area contributed by atoms with Crippen LogP contribution in [-0.4, -0.2) is 34.2 Å². The molecule has 1 aliphatic heterocycles. The van der Waals surface area contributed by atoms with Crippen LogP contribution in [0.3, 0.4) is 0 Å². The highest BCUT2D eigenvalue weighted by molar-refractivity contribution is 7.88. The second kappa shape index (κ2) is 8.49. The van der Waals surface area contributed by atoms with Crippen LogP contribution in [0, 0.1) is 13.8 Å². The molecule has 0 amide bonds. The van der Waals surface area contributed by atoms with E-state index in [1.807, 2.05) is 68.4 Å². The third kappa shape index (κ3) is 4.66. The quantitative estimate of drug-likeness (QED) is 0.647. The Labute approximate surface area is 177 Å². The number of hydrogen-bond donors (Lipinski definition) is 1. The minimum atomic E-state index is -3.45. The fraction of sp³-hybridized carbons (Fsp3) is 0.318. The standard InChI is InChI=1S/C22H25N5O2S/c1-16-14-17(2)24-22(23-16)26-21-12-6-10-19(25-21)20-11-7-13-27(20)30(28,29)15-18-8-4-3-5-9-18/h3-6,8-10,12,14,20H,7,11,13,15H2,1-2H3,(H,23,24,25,26)/t20-/m0/s1. The minimum absolute atomic E-state index is 0.00130. The first kappa shape index (κ1) is 20.4. The second-order valence-corrected chi connectivity index (χ2v) is 9.48. The first-order valence-corrected chi connectivity index (χ1v) is 11.6. The van der Waals surface area contributed by atoms with E-state index < -0.39 is 10.0 Å². The van der Waals surface area contributed by atoms with Gasteiger partial charge in [0.2, 0.25) is 16.0 Å². The molecule has 2 aromatic heterocycles. The molecule has 0 bridgehead atoms. The largest absolute Gasteiger partial charge is 0.309 e. The maximum Gasteiger partial charge on any atom is 0.228 e. The van der Waals surface area contributed by atoms with E-state index in [1.54, 1.807) is 4.31 Å². The molecule has 0 unspecified atom stereocenters. The lowest BCUT2D eigenvalue weighted by atomic mass is 10.1. The highest BCUT2D eigenvalue weighted by atomic mass is 32.2. The average molecular weight is 424 g/mol. The van der Waals surface area contributed by atoms with Gasteiger partial charge in [0, 0.05) is 17.9 Å². The Balaban J connectivity index is 1.56. The topological polar surface area (TPSA) is 88.1 Å². The summed E-state index contributed by atoms with van der Waals surface area (Å²) in [7, 11) is -3.45. The number of aryl methyl sites for hydroxylation is 2. The van der Waals surface area contributed by atoms with Gasteiger partial charge in [0.25, 0.3) is 0 Å². The van der Waals surface area contributed by atoms with Crippen molar-refractivity contribution in [2.24, 2.45) is 0 Å². The van der Waals surface area contributed by atoms with E-state index in [1.165, 1.54) is 0 Å². The molecule has 8 heteroatoms. The summed E-state index contributed by atoms with van der Waals surface area (Å²) in [5.74, 6) is 1.08. The lowest BCUT2D eigenvalue weighted by Crippen LogP contribution is -2.32. The monoisotopic (exact) mass is 423 g/mol. The molecule has 1 saturated heterocycles. The number of sulfonamides is 1. The fourth-order valence-corrected chi connectivity index (χ4v) is 5.63. The van der Waals surface area contributed by atoms with Gasteiger partial charge < -0.3 is 5.32 Å². The van der Waals surface area contributed by atoms with Crippen LogP contribution < -0.4 is 5.32 Å². The summed E-state index contributed by atoms with van der Waals surface area (Å²) in [6, 6.07) is 16.5. The molecule has 0 radical (unpaired) electrons. The van der Waals surface area contributed by atoms with E-state index in [-0.39, 0.29) is 11.8 Å². The lowest BCUT2D eigenvalue weighted by Gasteiger charge is -2.24. The van der Waals surface area contributed by atoms with E-state index in [0.717, 1.165) is 35.5 Å². The van der Waals surface area contributed by atoms with Crippen LogP contribution in [0.2, 0.25) is 0 Å². The molecule has 7 nitrogen and oxygen atoms in total. The molecule has 0 aliphatic carbocycles. The van der Waals surface area contributed by atoms with Gasteiger partial charge in [-0.3, -0.25) is 0 Å². The molecule has 30 heavy (non-hydrogen) atoms. The molecule has 0 saturated carbocycles. The van der Waals surface area contributed by atoms with Gasteiger partial charge >= 0.3 is 0 Å². The van der Waals surface area contributed by atoms with Crippen molar-refractivity contribution in [2.45, 2.75) is 38.5 Å². The van der Waals surface area contributed by atoms with Crippen molar-refractivity contribution in [1.82, 2.24) is 19.3 Å². The minimum Gasteiger partial charge on any atom is -0.309 e. The van der Waals surface area contributed by atoms with Crippen LogP contribution in [-0.2, 0) is 15.8 Å². The Morgan fingerprint density at radius 2 is 1.73 bits per heavy atom. The molecule has 3 heterocycles. The average Bonchev–Trinajstić information content (AvgIpc) is 3.19. The van der Waals surface area contributed by atoms with Gasteiger partial charge in [0.05, 0.1) is 17.5 Å². The summed E-state index contributed by atoms with van der Waals surface area (Å²) in [5, 5.41) is 3.14. The maximum atomic E-state index is 13.1. The SMILES string of the molecule is Cc1cc(C)nc(Nc2cccc([C@@H]3CCCN3S(=O)(=O)Cc3ccccc3)n2)n1. The Bertz CT molecular complexity index is 1120. The molecule has 3 aromatic rings. The van der Waals surface area contributed by atoms with Crippen molar-refractivity contribution in [3.63, 3.8) is 0 Å². The van der Waals surface area contributed by atoms with Crippen LogP contribution in [0.4, 0.5) is 11.8 Å². The van der Waals surface area contributed by atoms with E-state index in [2.05, 4.69) is 20.3 Å². The molecule has 156 valence electrons. The third-order valence-electron chi connectivity index (χ3n) is 5.09. The lowest BCUT2D eigenvalue weighted by molar-refractivity contribution is 0.390. The number of nitrogens with one attached hydrogen (secondary N) is 1. The van der Waals surface area contributed by atoms with Gasteiger partial charge in [0.15, 0.2) is 0 Å². The van der Waals surface area contributed by atoms with Crippen molar-refractivity contribution in [3.05, 3.63) is 77.2 Å². The number of hydrogen-bond acceptors (Lipinski definition) is 6. The highest BCUT2D eigenvalue weighted by Crippen LogP contribution is 2.35. The Morgan fingerprint density at radius 3 is 2.47 bits per heavy atom. The fourth-order valence-electron chi connectivity index (χ4n) is 3.84. The third-order valence-corrected chi connectivity index (χ3v) is 6.94. The predicted molar refractivity (Wildman–Crippen MR) is 117 cm³/mol. The molecule has 1 N–H and O–H groups in total. The number of pyridine rings is 1. The van der Waals surface area contributed by atoms with Crippen molar-refractivity contribution >= 4 is 21.8 Å². The van der Waals surface area contributed by atoms with E-state index in [0.29, 0.717) is 18.3 Å². The van der Waals surface area contributed by atoms with Gasteiger partial charge in [-0.1, -0.05) is 36.4 Å². The number of aromatic nitrogens is 3. The van der Waals surface area contributed by atoms with Crippen LogP contribution in [0.15, 0.2) is 54.6 Å². The first-order chi connectivity index (χ1) is 14.4. The van der Waals surface area contributed by atoms with Crippen LogP contribution in [0.5, 0.6) is 0 Å². The summed E-state index contributed by atoms with van der Waals surface area (Å²) >= 11 is 0. The molecule has 0 spiro atoms. The summed E-state index contributed by atoms with van der Waals surface area (Å²) < 4.78 is 27.8. The Kier molecular flexibility index (Phi) is 5.78. The van der Waals surface area contributed by atoms with Gasteiger partial charge in [0.1, 0.15) is 5.82 Å². The van der Waals surface area contributed by atoms with E-state index in [9.17, 15) is 8.42 Å². The molecular weight excluding hydrogens is 398 g/mol. The predicted octanol–water partition coefficient (Wildman–Crippen LogP) is 3.90. The summed E-state index contributed by atoms with van der Waals surface area (Å²) in [5.41, 5.74) is 3.27. The molecule has 1 atom stereocenters. The van der Waals surface area contributed by atoms with Crippen molar-refractivity contribution in [1.29, 1.82) is 0 Å².